The molecule has 0 aliphatic rings. The van der Waals surface area contributed by atoms with Gasteiger partial charge in [0.2, 0.25) is 0 Å². The molecule has 0 fully saturated rings. The molecule has 154 valence electrons. The Morgan fingerprint density at radius 3 is 2.43 bits per heavy atom. The van der Waals surface area contributed by atoms with Crippen LogP contribution in [0.25, 0.3) is 0 Å². The average Bonchev–Trinajstić information content (AvgIpc) is 2.70. The van der Waals surface area contributed by atoms with Crippen LogP contribution in [0, 0.1) is 0 Å². The summed E-state index contributed by atoms with van der Waals surface area (Å²) in [5.74, 6) is 2.06. The number of methoxy groups -OCH3 is 2. The van der Waals surface area contributed by atoms with E-state index in [1.165, 1.54) is 0 Å². The predicted molar refractivity (Wildman–Crippen MR) is 124 cm³/mol. The number of halogens is 2. The Kier molecular flexibility index (Phi) is 11.0. The van der Waals surface area contributed by atoms with Crippen LogP contribution >= 0.6 is 35.6 Å². The second-order valence-electron chi connectivity index (χ2n) is 5.82. The van der Waals surface area contributed by atoms with Gasteiger partial charge >= 0.3 is 0 Å². The van der Waals surface area contributed by atoms with E-state index in [1.54, 1.807) is 38.5 Å². The Morgan fingerprint density at radius 1 is 1.11 bits per heavy atom. The van der Waals surface area contributed by atoms with Crippen molar-refractivity contribution < 1.29 is 14.6 Å². The molecule has 28 heavy (non-hydrogen) atoms. The molecule has 6 nitrogen and oxygen atoms in total. The van der Waals surface area contributed by atoms with Crippen molar-refractivity contribution >= 4 is 41.5 Å². The van der Waals surface area contributed by atoms with E-state index in [2.05, 4.69) is 15.6 Å². The molecule has 0 saturated heterocycles. The SMILES string of the molecule is CCNC(=NCc1ccc(OC)cc1OC)NCC(O)c1ccc(Cl)cc1.I. The van der Waals surface area contributed by atoms with Crippen LogP contribution in [-0.4, -0.2) is 38.4 Å². The smallest absolute Gasteiger partial charge is 0.191 e. The number of aliphatic hydroxyl groups excluding tert-OH is 1. The number of ether oxygens (including phenoxy) is 2. The van der Waals surface area contributed by atoms with Gasteiger partial charge < -0.3 is 25.2 Å². The maximum Gasteiger partial charge on any atom is 0.191 e. The van der Waals surface area contributed by atoms with Crippen LogP contribution in [0.5, 0.6) is 11.5 Å². The molecule has 0 bridgehead atoms. The van der Waals surface area contributed by atoms with E-state index in [1.807, 2.05) is 25.1 Å². The number of nitrogens with one attached hydrogen (secondary N) is 2. The molecule has 3 N–H and O–H groups in total. The van der Waals surface area contributed by atoms with Crippen molar-refractivity contribution in [2.75, 3.05) is 27.3 Å². The van der Waals surface area contributed by atoms with Crippen LogP contribution in [0.4, 0.5) is 0 Å². The standard InChI is InChI=1S/C20H26ClN3O3.HI/c1-4-22-20(24-13-18(25)14-5-8-16(21)9-6-14)23-12-15-7-10-17(26-2)11-19(15)27-3;/h5-11,18,25H,4,12-13H2,1-3H3,(H2,22,23,24);1H. The van der Waals surface area contributed by atoms with Crippen LogP contribution < -0.4 is 20.1 Å². The molecule has 0 radical (unpaired) electrons. The molecule has 8 heteroatoms. The van der Waals surface area contributed by atoms with Gasteiger partial charge in [-0.05, 0) is 36.8 Å². The van der Waals surface area contributed by atoms with Crippen molar-refractivity contribution in [3.63, 3.8) is 0 Å². The lowest BCUT2D eigenvalue weighted by atomic mass is 10.1. The normalized spacial score (nSPS) is 12.0. The summed E-state index contributed by atoms with van der Waals surface area (Å²) in [6.07, 6.45) is -0.665. The fraction of sp³-hybridized carbons (Fsp3) is 0.350. The number of benzene rings is 2. The fourth-order valence-corrected chi connectivity index (χ4v) is 2.61. The lowest BCUT2D eigenvalue weighted by Crippen LogP contribution is -2.39. The van der Waals surface area contributed by atoms with E-state index in [9.17, 15) is 5.11 Å². The largest absolute Gasteiger partial charge is 0.497 e. The van der Waals surface area contributed by atoms with E-state index < -0.39 is 6.10 Å². The number of nitrogens with zero attached hydrogens (tertiary/aromatic N) is 1. The van der Waals surface area contributed by atoms with Gasteiger partial charge in [-0.2, -0.15) is 0 Å². The molecule has 1 atom stereocenters. The minimum Gasteiger partial charge on any atom is -0.497 e. The van der Waals surface area contributed by atoms with Crippen molar-refractivity contribution in [2.24, 2.45) is 4.99 Å². The highest BCUT2D eigenvalue weighted by Crippen LogP contribution is 2.25. The lowest BCUT2D eigenvalue weighted by Gasteiger charge is -2.16. The van der Waals surface area contributed by atoms with Crippen LogP contribution in [0.1, 0.15) is 24.2 Å². The monoisotopic (exact) mass is 519 g/mol. The Hall–Kier alpha value is -1.71. The first kappa shape index (κ1) is 24.3. The van der Waals surface area contributed by atoms with E-state index in [-0.39, 0.29) is 24.0 Å². The summed E-state index contributed by atoms with van der Waals surface area (Å²) in [4.78, 5) is 4.57. The topological polar surface area (TPSA) is 75.1 Å². The first-order valence-electron chi connectivity index (χ1n) is 8.74. The quantitative estimate of drug-likeness (QED) is 0.281. The van der Waals surface area contributed by atoms with Crippen molar-refractivity contribution in [2.45, 2.75) is 19.6 Å². The van der Waals surface area contributed by atoms with Crippen LogP contribution in [0.3, 0.4) is 0 Å². The second kappa shape index (κ2) is 12.7. The molecule has 0 heterocycles. The van der Waals surface area contributed by atoms with E-state index in [0.29, 0.717) is 30.6 Å². The summed E-state index contributed by atoms with van der Waals surface area (Å²) in [5.41, 5.74) is 1.73. The molecule has 0 aromatic heterocycles. The number of aliphatic imine (C=N–C) groups is 1. The van der Waals surface area contributed by atoms with Crippen molar-refractivity contribution in [3.05, 3.63) is 58.6 Å². The van der Waals surface area contributed by atoms with Gasteiger partial charge in [-0.3, -0.25) is 0 Å². The van der Waals surface area contributed by atoms with E-state index in [4.69, 9.17) is 21.1 Å². The van der Waals surface area contributed by atoms with Gasteiger partial charge in [0.15, 0.2) is 5.96 Å². The zero-order chi connectivity index (χ0) is 19.6. The summed E-state index contributed by atoms with van der Waals surface area (Å²) < 4.78 is 10.6. The predicted octanol–water partition coefficient (Wildman–Crippen LogP) is 3.76. The maximum atomic E-state index is 10.3. The molecule has 0 aliphatic carbocycles. The van der Waals surface area contributed by atoms with Crippen molar-refractivity contribution in [1.29, 1.82) is 0 Å². The fourth-order valence-electron chi connectivity index (χ4n) is 2.48. The van der Waals surface area contributed by atoms with Gasteiger partial charge in [0.25, 0.3) is 0 Å². The van der Waals surface area contributed by atoms with Crippen molar-refractivity contribution in [3.8, 4) is 11.5 Å². The number of guanidine groups is 1. The third-order valence-corrected chi connectivity index (χ3v) is 4.22. The van der Waals surface area contributed by atoms with Crippen LogP contribution in [0.15, 0.2) is 47.5 Å². The molecule has 2 aromatic rings. The minimum absolute atomic E-state index is 0. The zero-order valence-electron chi connectivity index (χ0n) is 16.2. The Bertz CT molecular complexity index is 757. The molecule has 2 rings (SSSR count). The highest BCUT2D eigenvalue weighted by atomic mass is 127. The highest BCUT2D eigenvalue weighted by molar-refractivity contribution is 14.0. The van der Waals surface area contributed by atoms with Crippen molar-refractivity contribution in [1.82, 2.24) is 10.6 Å². The zero-order valence-corrected chi connectivity index (χ0v) is 19.3. The van der Waals surface area contributed by atoms with Crippen LogP contribution in [-0.2, 0) is 6.54 Å². The lowest BCUT2D eigenvalue weighted by molar-refractivity contribution is 0.181. The molecular weight excluding hydrogens is 493 g/mol. The Labute approximate surface area is 188 Å². The summed E-state index contributed by atoms with van der Waals surface area (Å²) >= 11 is 5.88. The molecule has 0 aliphatic heterocycles. The van der Waals surface area contributed by atoms with Gasteiger partial charge in [0.1, 0.15) is 11.5 Å². The summed E-state index contributed by atoms with van der Waals surface area (Å²) in [5, 5.41) is 17.3. The highest BCUT2D eigenvalue weighted by Gasteiger charge is 2.09. The number of hydrogen-bond donors (Lipinski definition) is 3. The molecule has 0 amide bonds. The molecule has 0 spiro atoms. The second-order valence-corrected chi connectivity index (χ2v) is 6.26. The van der Waals surface area contributed by atoms with Gasteiger partial charge in [0, 0.05) is 29.7 Å². The molecule has 1 unspecified atom stereocenters. The van der Waals surface area contributed by atoms with Crippen LogP contribution in [0.2, 0.25) is 5.02 Å². The average molecular weight is 520 g/mol. The maximum absolute atomic E-state index is 10.3. The number of aliphatic hydroxyl groups is 1. The summed E-state index contributed by atoms with van der Waals surface area (Å²) in [6.45, 7) is 3.45. The molecular formula is C20H27ClIN3O3. The molecule has 2 aromatic carbocycles. The Balaban J connectivity index is 0.00000392. The number of hydrogen-bond acceptors (Lipinski definition) is 4. The first-order chi connectivity index (χ1) is 13.1. The third-order valence-electron chi connectivity index (χ3n) is 3.96. The molecule has 0 saturated carbocycles. The third kappa shape index (κ3) is 7.37. The van der Waals surface area contributed by atoms with Gasteiger partial charge in [0.05, 0.1) is 26.9 Å². The van der Waals surface area contributed by atoms with Gasteiger partial charge in [-0.1, -0.05) is 23.7 Å². The summed E-state index contributed by atoms with van der Waals surface area (Å²) in [7, 11) is 3.24. The van der Waals surface area contributed by atoms with Gasteiger partial charge in [-0.15, -0.1) is 24.0 Å². The van der Waals surface area contributed by atoms with E-state index >= 15 is 0 Å². The number of rotatable bonds is 8. The summed E-state index contributed by atoms with van der Waals surface area (Å²) in [6, 6.07) is 12.8. The van der Waals surface area contributed by atoms with Gasteiger partial charge in [-0.25, -0.2) is 4.99 Å². The minimum atomic E-state index is -0.665. The Morgan fingerprint density at radius 2 is 1.82 bits per heavy atom. The van der Waals surface area contributed by atoms with E-state index in [0.717, 1.165) is 22.6 Å². The first-order valence-corrected chi connectivity index (χ1v) is 9.11.